The van der Waals surface area contributed by atoms with E-state index in [0.29, 0.717) is 16.5 Å². The number of Topliss-reactive ketones (excluding diaryl/α,β-unsaturated/α-hetero) is 1. The van der Waals surface area contributed by atoms with Crippen LogP contribution in [-0.2, 0) is 22.7 Å². The van der Waals surface area contributed by atoms with E-state index in [1.54, 1.807) is 6.07 Å². The van der Waals surface area contributed by atoms with E-state index in [1.807, 2.05) is 0 Å². The highest BCUT2D eigenvalue weighted by atomic mass is 35.5. The number of fused-ring (bicyclic) bond motifs is 1. The molecule has 1 saturated heterocycles. The number of aromatic hydroxyl groups is 1. The summed E-state index contributed by atoms with van der Waals surface area (Å²) in [5, 5.41) is 12.8. The summed E-state index contributed by atoms with van der Waals surface area (Å²) in [6.07, 6.45) is -1.53. The highest BCUT2D eigenvalue weighted by molar-refractivity contribution is 6.30. The number of phenols is 1. The van der Waals surface area contributed by atoms with Crippen LogP contribution in [0.4, 0.5) is 13.2 Å². The minimum absolute atomic E-state index is 0.0751. The average Bonchev–Trinajstić information content (AvgIpc) is 3.42. The van der Waals surface area contributed by atoms with Gasteiger partial charge in [-0.1, -0.05) is 23.7 Å². The number of carbonyl (C=O) groups is 3. The fourth-order valence-corrected chi connectivity index (χ4v) is 4.68. The molecule has 36 heavy (non-hydrogen) atoms. The number of ketones is 1. The van der Waals surface area contributed by atoms with Gasteiger partial charge in [-0.3, -0.25) is 14.4 Å². The van der Waals surface area contributed by atoms with Crippen molar-refractivity contribution in [3.05, 3.63) is 64.6 Å². The fraction of sp³-hybridized carbons (Fsp3) is 0.320. The number of nitrogens with zero attached hydrogens (tertiary/aromatic N) is 2. The number of nitrogens with one attached hydrogen (secondary N) is 1. The van der Waals surface area contributed by atoms with E-state index in [2.05, 4.69) is 5.32 Å². The summed E-state index contributed by atoms with van der Waals surface area (Å²) in [4.78, 5) is 39.3. The van der Waals surface area contributed by atoms with E-state index in [1.165, 1.54) is 48.0 Å². The van der Waals surface area contributed by atoms with Crippen LogP contribution in [-0.4, -0.2) is 51.2 Å². The van der Waals surface area contributed by atoms with Crippen LogP contribution in [0.25, 0.3) is 10.9 Å². The lowest BCUT2D eigenvalue weighted by Crippen LogP contribution is -2.46. The molecule has 190 valence electrons. The summed E-state index contributed by atoms with van der Waals surface area (Å²) < 4.78 is 42.7. The molecule has 0 bridgehead atoms. The van der Waals surface area contributed by atoms with E-state index < -0.39 is 36.0 Å². The molecular weight excluding hydrogens is 499 g/mol. The molecule has 2 aromatic carbocycles. The number of amides is 2. The first-order valence-corrected chi connectivity index (χ1v) is 11.6. The van der Waals surface area contributed by atoms with Crippen LogP contribution in [0.15, 0.2) is 42.6 Å². The van der Waals surface area contributed by atoms with Crippen LogP contribution in [0, 0.1) is 11.7 Å². The second-order valence-corrected chi connectivity index (χ2v) is 9.16. The lowest BCUT2D eigenvalue weighted by atomic mass is 10.1. The van der Waals surface area contributed by atoms with Gasteiger partial charge < -0.3 is 19.9 Å². The molecule has 0 saturated carbocycles. The smallest absolute Gasteiger partial charge is 0.243 e. The van der Waals surface area contributed by atoms with Crippen LogP contribution in [0.3, 0.4) is 0 Å². The lowest BCUT2D eigenvalue weighted by molar-refractivity contribution is -0.139. The first-order chi connectivity index (χ1) is 17.1. The minimum atomic E-state index is -2.74. The van der Waals surface area contributed by atoms with Gasteiger partial charge in [0.15, 0.2) is 5.78 Å². The Morgan fingerprint density at radius 1 is 1.22 bits per heavy atom. The van der Waals surface area contributed by atoms with Crippen molar-refractivity contribution in [3.8, 4) is 5.75 Å². The van der Waals surface area contributed by atoms with Gasteiger partial charge in [-0.05, 0) is 31.5 Å². The summed E-state index contributed by atoms with van der Waals surface area (Å²) in [7, 11) is 0. The normalized spacial score (nSPS) is 17.7. The maximum Gasteiger partial charge on any atom is 0.243 e. The zero-order valence-corrected chi connectivity index (χ0v) is 19.9. The van der Waals surface area contributed by atoms with Gasteiger partial charge in [0.2, 0.25) is 18.2 Å². The highest BCUT2D eigenvalue weighted by Gasteiger charge is 2.43. The van der Waals surface area contributed by atoms with Crippen LogP contribution in [0.2, 0.25) is 5.02 Å². The minimum Gasteiger partial charge on any atom is -0.508 e. The zero-order chi connectivity index (χ0) is 26.1. The molecule has 4 rings (SSSR count). The van der Waals surface area contributed by atoms with Crippen molar-refractivity contribution in [3.63, 3.8) is 0 Å². The molecule has 7 nitrogen and oxygen atoms in total. The molecule has 2 amide bonds. The van der Waals surface area contributed by atoms with Crippen molar-refractivity contribution < 1.29 is 32.7 Å². The Hall–Kier alpha value is -3.53. The molecule has 1 unspecified atom stereocenters. The Labute approximate surface area is 209 Å². The third-order valence-electron chi connectivity index (χ3n) is 6.35. The summed E-state index contributed by atoms with van der Waals surface area (Å²) >= 11 is 5.76. The third kappa shape index (κ3) is 5.04. The molecule has 2 atom stereocenters. The topological polar surface area (TPSA) is 91.6 Å². The van der Waals surface area contributed by atoms with Gasteiger partial charge >= 0.3 is 0 Å². The third-order valence-corrected chi connectivity index (χ3v) is 6.64. The predicted molar refractivity (Wildman–Crippen MR) is 126 cm³/mol. The number of benzene rings is 2. The predicted octanol–water partition coefficient (Wildman–Crippen LogP) is 4.14. The van der Waals surface area contributed by atoms with Gasteiger partial charge in [-0.25, -0.2) is 13.2 Å². The molecule has 2 heterocycles. The van der Waals surface area contributed by atoms with E-state index in [4.69, 9.17) is 11.6 Å². The van der Waals surface area contributed by atoms with Gasteiger partial charge in [-0.15, -0.1) is 0 Å². The van der Waals surface area contributed by atoms with Crippen molar-refractivity contribution in [2.75, 3.05) is 6.54 Å². The molecule has 1 fully saturated rings. The van der Waals surface area contributed by atoms with Gasteiger partial charge in [0, 0.05) is 47.8 Å². The summed E-state index contributed by atoms with van der Waals surface area (Å²) in [6, 6.07) is 7.48. The molecule has 1 aromatic heterocycles. The van der Waals surface area contributed by atoms with Crippen molar-refractivity contribution in [2.45, 2.75) is 38.9 Å². The molecule has 0 radical (unpaired) electrons. The number of hydrogen-bond acceptors (Lipinski definition) is 4. The van der Waals surface area contributed by atoms with Crippen molar-refractivity contribution in [1.82, 2.24) is 14.8 Å². The van der Waals surface area contributed by atoms with Gasteiger partial charge in [0.1, 0.15) is 24.2 Å². The number of rotatable bonds is 7. The number of phenolic OH excluding ortho intramolecular Hbond substituents is 1. The summed E-state index contributed by atoms with van der Waals surface area (Å²) in [6.45, 7) is 0.469. The Kier molecular flexibility index (Phi) is 7.26. The number of alkyl halides is 2. The van der Waals surface area contributed by atoms with Gasteiger partial charge in [0.05, 0.1) is 10.5 Å². The number of likely N-dealkylation sites (tertiary alicyclic amines) is 1. The zero-order valence-electron chi connectivity index (χ0n) is 19.2. The molecule has 0 aliphatic carbocycles. The molecular formula is C25H23ClF3N3O4. The molecule has 3 aromatic rings. The Balaban J connectivity index is 1.56. The SMILES string of the molecule is CC(=O)c1cn(CC(=O)N2CC(C(F)F)C[C@H]2C(=O)NCc2cccc(Cl)c2F)c2cc(O)ccc12. The molecule has 0 spiro atoms. The highest BCUT2D eigenvalue weighted by Crippen LogP contribution is 2.30. The Bertz CT molecular complexity index is 1340. The Morgan fingerprint density at radius 2 is 1.97 bits per heavy atom. The molecule has 2 N–H and O–H groups in total. The van der Waals surface area contributed by atoms with Crippen LogP contribution in [0.5, 0.6) is 5.75 Å². The summed E-state index contributed by atoms with van der Waals surface area (Å²) in [5.74, 6) is -3.53. The first kappa shape index (κ1) is 25.6. The van der Waals surface area contributed by atoms with Crippen molar-refractivity contribution in [1.29, 1.82) is 0 Å². The Morgan fingerprint density at radius 3 is 2.67 bits per heavy atom. The second kappa shape index (κ2) is 10.2. The standard InChI is InChI=1S/C25H23ClF3N3O4/c1-13(33)18-11-31(20-8-16(34)5-6-17(18)20)12-22(35)32-10-15(24(28)29)7-21(32)25(36)30-9-14-3-2-4-19(26)23(14)27/h2-6,8,11,15,21,24,34H,7,9-10,12H2,1H3,(H,30,36)/t15?,21-/m0/s1. The largest absolute Gasteiger partial charge is 0.508 e. The van der Waals surface area contributed by atoms with E-state index in [9.17, 15) is 32.7 Å². The summed E-state index contributed by atoms with van der Waals surface area (Å²) in [5.41, 5.74) is 0.866. The van der Waals surface area contributed by atoms with Crippen LogP contribution >= 0.6 is 11.6 Å². The number of hydrogen-bond donors (Lipinski definition) is 2. The first-order valence-electron chi connectivity index (χ1n) is 11.2. The molecule has 1 aliphatic rings. The second-order valence-electron chi connectivity index (χ2n) is 8.75. The van der Waals surface area contributed by atoms with E-state index in [-0.39, 0.29) is 48.2 Å². The van der Waals surface area contributed by atoms with E-state index >= 15 is 0 Å². The number of carbonyl (C=O) groups excluding carboxylic acids is 3. The van der Waals surface area contributed by atoms with Gasteiger partial charge in [-0.2, -0.15) is 0 Å². The van der Waals surface area contributed by atoms with E-state index in [0.717, 1.165) is 4.90 Å². The quantitative estimate of drug-likeness (QED) is 0.457. The van der Waals surface area contributed by atoms with Crippen molar-refractivity contribution in [2.24, 2.45) is 5.92 Å². The number of aromatic nitrogens is 1. The fourth-order valence-electron chi connectivity index (χ4n) is 4.49. The maximum atomic E-state index is 14.2. The van der Waals surface area contributed by atoms with Crippen molar-refractivity contribution >= 4 is 40.1 Å². The molecule has 11 heteroatoms. The van der Waals surface area contributed by atoms with Crippen LogP contribution < -0.4 is 5.32 Å². The number of halogens is 4. The van der Waals surface area contributed by atoms with Gasteiger partial charge in [0.25, 0.3) is 0 Å². The molecule has 1 aliphatic heterocycles. The average molecular weight is 522 g/mol. The monoisotopic (exact) mass is 521 g/mol. The maximum absolute atomic E-state index is 14.2. The van der Waals surface area contributed by atoms with Crippen LogP contribution in [0.1, 0.15) is 29.3 Å². The lowest BCUT2D eigenvalue weighted by Gasteiger charge is -2.24.